The topological polar surface area (TPSA) is 0 Å². The van der Waals surface area contributed by atoms with Crippen molar-refractivity contribution in [1.82, 2.24) is 0 Å². The predicted molar refractivity (Wildman–Crippen MR) is 105 cm³/mol. The highest BCUT2D eigenvalue weighted by molar-refractivity contribution is 6.98. The van der Waals surface area contributed by atoms with E-state index in [4.69, 9.17) is 0 Å². The molecule has 0 N–H and O–H groups in total. The number of benzene rings is 1. The standard InChI is InChI=1S/C22H32Si/c1-16-17(2)19(4)22(18(16)3)23(5,20-12-8-6-9-13-20)21-14-10-7-11-15-21/h6,8-9,12-13,18,21H,7,10-11,14-15H2,1-5H3. The first-order chi connectivity index (χ1) is 11.0. The zero-order valence-corrected chi connectivity index (χ0v) is 16.6. The molecule has 0 saturated heterocycles. The van der Waals surface area contributed by atoms with Crippen molar-refractivity contribution in [1.29, 1.82) is 0 Å². The highest BCUT2D eigenvalue weighted by Crippen LogP contribution is 2.48. The largest absolute Gasteiger partial charge is 0.114 e. The van der Waals surface area contributed by atoms with Crippen LogP contribution in [0.15, 0.2) is 52.2 Å². The Hall–Kier alpha value is -1.08. The molecule has 0 spiro atoms. The van der Waals surface area contributed by atoms with Gasteiger partial charge in [-0.25, -0.2) is 0 Å². The van der Waals surface area contributed by atoms with E-state index in [1.165, 1.54) is 32.1 Å². The Labute approximate surface area is 143 Å². The van der Waals surface area contributed by atoms with Crippen LogP contribution in [0.25, 0.3) is 0 Å². The first-order valence-electron chi connectivity index (χ1n) is 9.42. The fourth-order valence-corrected chi connectivity index (χ4v) is 11.0. The van der Waals surface area contributed by atoms with Crippen LogP contribution in [0.2, 0.25) is 12.1 Å². The van der Waals surface area contributed by atoms with E-state index < -0.39 is 8.07 Å². The molecule has 23 heavy (non-hydrogen) atoms. The number of rotatable bonds is 3. The summed E-state index contributed by atoms with van der Waals surface area (Å²) in [5.41, 5.74) is 5.73. The average Bonchev–Trinajstić information content (AvgIpc) is 2.79. The van der Waals surface area contributed by atoms with Gasteiger partial charge in [-0.1, -0.05) is 97.4 Å². The fraction of sp³-hybridized carbons (Fsp3) is 0.545. The van der Waals surface area contributed by atoms with Gasteiger partial charge in [-0.05, 0) is 37.8 Å². The normalized spacial score (nSPS) is 25.9. The van der Waals surface area contributed by atoms with Crippen LogP contribution in [0.1, 0.15) is 59.8 Å². The molecular formula is C22H32Si. The predicted octanol–water partition coefficient (Wildman–Crippen LogP) is 6.15. The Balaban J connectivity index is 2.14. The zero-order chi connectivity index (χ0) is 16.6. The fourth-order valence-electron chi connectivity index (χ4n) is 5.28. The molecule has 1 aromatic carbocycles. The Morgan fingerprint density at radius 3 is 2.00 bits per heavy atom. The third kappa shape index (κ3) is 2.67. The summed E-state index contributed by atoms with van der Waals surface area (Å²) in [6, 6.07) is 11.5. The second kappa shape index (κ2) is 6.43. The molecule has 0 nitrogen and oxygen atoms in total. The van der Waals surface area contributed by atoms with Crippen LogP contribution in [0.5, 0.6) is 0 Å². The van der Waals surface area contributed by atoms with Crippen LogP contribution in [-0.2, 0) is 0 Å². The van der Waals surface area contributed by atoms with E-state index >= 15 is 0 Å². The highest BCUT2D eigenvalue weighted by atomic mass is 28.3. The van der Waals surface area contributed by atoms with Gasteiger partial charge in [0.2, 0.25) is 0 Å². The lowest BCUT2D eigenvalue weighted by Crippen LogP contribution is -2.53. The van der Waals surface area contributed by atoms with Gasteiger partial charge in [0.05, 0.1) is 0 Å². The SMILES string of the molecule is CC1=C(C)C(C)C([Si](C)(c2ccccc2)C2CCCCC2)=C1C. The van der Waals surface area contributed by atoms with Crippen LogP contribution < -0.4 is 5.19 Å². The highest BCUT2D eigenvalue weighted by Gasteiger charge is 2.46. The van der Waals surface area contributed by atoms with Gasteiger partial charge in [-0.15, -0.1) is 0 Å². The second-order valence-corrected chi connectivity index (χ2v) is 12.3. The van der Waals surface area contributed by atoms with E-state index in [-0.39, 0.29) is 0 Å². The van der Waals surface area contributed by atoms with Gasteiger partial charge in [0.1, 0.15) is 8.07 Å². The third-order valence-corrected chi connectivity index (χ3v) is 12.7. The molecule has 3 rings (SSSR count). The first-order valence-corrected chi connectivity index (χ1v) is 12.0. The minimum absolute atomic E-state index is 0.647. The summed E-state index contributed by atoms with van der Waals surface area (Å²) in [5.74, 6) is 0.647. The number of allylic oxidation sites excluding steroid dienone is 4. The molecule has 0 aromatic heterocycles. The van der Waals surface area contributed by atoms with Crippen LogP contribution >= 0.6 is 0 Å². The van der Waals surface area contributed by atoms with Crippen molar-refractivity contribution in [3.05, 3.63) is 52.2 Å². The van der Waals surface area contributed by atoms with E-state index in [0.717, 1.165) is 5.54 Å². The van der Waals surface area contributed by atoms with Gasteiger partial charge < -0.3 is 0 Å². The zero-order valence-electron chi connectivity index (χ0n) is 15.6. The molecule has 2 atom stereocenters. The molecule has 1 heteroatoms. The van der Waals surface area contributed by atoms with Crippen molar-refractivity contribution >= 4 is 13.3 Å². The first kappa shape index (κ1) is 16.8. The van der Waals surface area contributed by atoms with Crippen LogP contribution in [0.4, 0.5) is 0 Å². The van der Waals surface area contributed by atoms with Crippen LogP contribution in [0.3, 0.4) is 0 Å². The Kier molecular flexibility index (Phi) is 4.69. The molecule has 1 saturated carbocycles. The lowest BCUT2D eigenvalue weighted by molar-refractivity contribution is 0.493. The molecule has 1 fully saturated rings. The van der Waals surface area contributed by atoms with Gasteiger partial charge in [0, 0.05) is 0 Å². The quantitative estimate of drug-likeness (QED) is 0.585. The van der Waals surface area contributed by atoms with Crippen molar-refractivity contribution in [2.75, 3.05) is 0 Å². The van der Waals surface area contributed by atoms with E-state index in [2.05, 4.69) is 64.6 Å². The minimum atomic E-state index is -1.66. The van der Waals surface area contributed by atoms with Crippen molar-refractivity contribution in [3.8, 4) is 0 Å². The summed E-state index contributed by atoms with van der Waals surface area (Å²) >= 11 is 0. The summed E-state index contributed by atoms with van der Waals surface area (Å²) in [5, 5.41) is 3.50. The average molecular weight is 325 g/mol. The third-order valence-electron chi connectivity index (χ3n) is 7.00. The summed E-state index contributed by atoms with van der Waals surface area (Å²) in [6.45, 7) is 12.2. The Morgan fingerprint density at radius 1 is 0.870 bits per heavy atom. The lowest BCUT2D eigenvalue weighted by Gasteiger charge is -2.42. The molecule has 0 heterocycles. The molecule has 0 amide bonds. The molecule has 1 aromatic rings. The van der Waals surface area contributed by atoms with Crippen LogP contribution in [-0.4, -0.2) is 8.07 Å². The summed E-state index contributed by atoms with van der Waals surface area (Å²) in [6.07, 6.45) is 7.20. The number of hydrogen-bond acceptors (Lipinski definition) is 0. The van der Waals surface area contributed by atoms with E-state index in [9.17, 15) is 0 Å². The molecule has 0 aliphatic heterocycles. The van der Waals surface area contributed by atoms with Crippen molar-refractivity contribution in [2.24, 2.45) is 5.92 Å². The van der Waals surface area contributed by atoms with Gasteiger partial charge in [-0.2, -0.15) is 0 Å². The maximum Gasteiger partial charge on any atom is 0.114 e. The molecular weight excluding hydrogens is 292 g/mol. The van der Waals surface area contributed by atoms with Crippen molar-refractivity contribution < 1.29 is 0 Å². The summed E-state index contributed by atoms with van der Waals surface area (Å²) < 4.78 is 0. The smallest absolute Gasteiger partial charge is 0.0657 e. The van der Waals surface area contributed by atoms with Crippen molar-refractivity contribution in [2.45, 2.75) is 71.9 Å². The molecule has 124 valence electrons. The summed E-state index contributed by atoms with van der Waals surface area (Å²) in [7, 11) is -1.66. The summed E-state index contributed by atoms with van der Waals surface area (Å²) in [4.78, 5) is 0. The maximum atomic E-state index is 2.68. The van der Waals surface area contributed by atoms with Gasteiger partial charge in [-0.3, -0.25) is 0 Å². The molecule has 2 aliphatic rings. The number of hydrogen-bond donors (Lipinski definition) is 0. The van der Waals surface area contributed by atoms with Gasteiger partial charge in [0.15, 0.2) is 0 Å². The molecule has 2 aliphatic carbocycles. The maximum absolute atomic E-state index is 2.68. The van der Waals surface area contributed by atoms with Crippen molar-refractivity contribution in [3.63, 3.8) is 0 Å². The second-order valence-electron chi connectivity index (χ2n) is 7.97. The lowest BCUT2D eigenvalue weighted by atomic mass is 10.0. The molecule has 0 radical (unpaired) electrons. The molecule has 0 bridgehead atoms. The van der Waals surface area contributed by atoms with E-state index in [1.54, 1.807) is 21.9 Å². The molecule has 2 unspecified atom stereocenters. The Morgan fingerprint density at radius 2 is 1.48 bits per heavy atom. The van der Waals surface area contributed by atoms with Crippen LogP contribution in [0, 0.1) is 5.92 Å². The minimum Gasteiger partial charge on any atom is -0.0657 e. The van der Waals surface area contributed by atoms with E-state index in [0.29, 0.717) is 5.92 Å². The van der Waals surface area contributed by atoms with Gasteiger partial charge in [0.25, 0.3) is 0 Å². The van der Waals surface area contributed by atoms with E-state index in [1.807, 2.05) is 5.20 Å². The monoisotopic (exact) mass is 324 g/mol. The van der Waals surface area contributed by atoms with Gasteiger partial charge >= 0.3 is 0 Å². The Bertz CT molecular complexity index is 631.